The van der Waals surface area contributed by atoms with Crippen molar-refractivity contribution in [1.82, 2.24) is 0 Å². The maximum atomic E-state index is 7.45. The zero-order valence-electron chi connectivity index (χ0n) is 10.8. The molecule has 0 aromatic heterocycles. The molecule has 0 saturated carbocycles. The molecule has 0 aliphatic carbocycles. The molecule has 104 valence electrons. The van der Waals surface area contributed by atoms with Gasteiger partial charge in [-0.05, 0) is 19.1 Å². The number of aliphatic imine (C=N–C) groups is 1. The number of guanidine groups is 1. The summed E-state index contributed by atoms with van der Waals surface area (Å²) >= 11 is 1.21. The van der Waals surface area contributed by atoms with E-state index in [9.17, 15) is 0 Å². The first kappa shape index (κ1) is 15.2. The second kappa shape index (κ2) is 8.25. The van der Waals surface area contributed by atoms with Gasteiger partial charge in [-0.3, -0.25) is 5.41 Å². The molecule has 0 aliphatic heterocycles. The van der Waals surface area contributed by atoms with Gasteiger partial charge in [0, 0.05) is 5.75 Å². The minimum Gasteiger partial charge on any atom is -0.490 e. The standard InChI is InChI=1S/C12H18N4O2S/c1-2-17-9-5-3-4-6-10(9)18-7-8-19-12(15)16-11(13)14/h3-6H,2,7-8H2,1H3,(H5,13,14,15,16). The van der Waals surface area contributed by atoms with Crippen LogP contribution < -0.4 is 20.9 Å². The van der Waals surface area contributed by atoms with Crippen molar-refractivity contribution in [1.29, 1.82) is 5.41 Å². The highest BCUT2D eigenvalue weighted by Gasteiger charge is 2.03. The van der Waals surface area contributed by atoms with Crippen LogP contribution >= 0.6 is 11.8 Å². The molecule has 0 aliphatic rings. The van der Waals surface area contributed by atoms with E-state index in [-0.39, 0.29) is 11.1 Å². The second-order valence-corrected chi connectivity index (χ2v) is 4.50. The Morgan fingerprint density at radius 3 is 2.47 bits per heavy atom. The largest absolute Gasteiger partial charge is 0.490 e. The summed E-state index contributed by atoms with van der Waals surface area (Å²) in [6.07, 6.45) is 0. The van der Waals surface area contributed by atoms with Gasteiger partial charge in [0.1, 0.15) is 0 Å². The van der Waals surface area contributed by atoms with Crippen molar-refractivity contribution in [2.45, 2.75) is 6.92 Å². The highest BCUT2D eigenvalue weighted by molar-refractivity contribution is 8.13. The molecule has 0 radical (unpaired) electrons. The number of amidine groups is 1. The summed E-state index contributed by atoms with van der Waals surface area (Å²) in [4.78, 5) is 3.61. The van der Waals surface area contributed by atoms with Crippen molar-refractivity contribution in [2.75, 3.05) is 19.0 Å². The topological polar surface area (TPSA) is 107 Å². The number of benzene rings is 1. The first-order valence-electron chi connectivity index (χ1n) is 5.79. The van der Waals surface area contributed by atoms with Gasteiger partial charge in [0.2, 0.25) is 0 Å². The normalized spacial score (nSPS) is 9.74. The molecule has 0 atom stereocenters. The van der Waals surface area contributed by atoms with Gasteiger partial charge in [0.25, 0.3) is 0 Å². The Kier molecular flexibility index (Phi) is 6.59. The molecule has 19 heavy (non-hydrogen) atoms. The van der Waals surface area contributed by atoms with Gasteiger partial charge in [-0.2, -0.15) is 4.99 Å². The van der Waals surface area contributed by atoms with Crippen LogP contribution in [0.4, 0.5) is 0 Å². The summed E-state index contributed by atoms with van der Waals surface area (Å²) in [7, 11) is 0. The van der Waals surface area contributed by atoms with Crippen LogP contribution in [0.5, 0.6) is 11.5 Å². The Morgan fingerprint density at radius 2 is 1.89 bits per heavy atom. The van der Waals surface area contributed by atoms with Crippen LogP contribution in [0.3, 0.4) is 0 Å². The quantitative estimate of drug-likeness (QED) is 0.415. The lowest BCUT2D eigenvalue weighted by Gasteiger charge is -2.11. The van der Waals surface area contributed by atoms with E-state index in [2.05, 4.69) is 4.99 Å². The third kappa shape index (κ3) is 6.01. The van der Waals surface area contributed by atoms with E-state index < -0.39 is 0 Å². The van der Waals surface area contributed by atoms with E-state index in [0.29, 0.717) is 30.5 Å². The van der Waals surface area contributed by atoms with E-state index in [1.807, 2.05) is 31.2 Å². The first-order chi connectivity index (χ1) is 9.13. The average Bonchev–Trinajstić information content (AvgIpc) is 2.36. The van der Waals surface area contributed by atoms with Gasteiger partial charge < -0.3 is 20.9 Å². The highest BCUT2D eigenvalue weighted by Crippen LogP contribution is 2.26. The number of nitrogens with zero attached hydrogens (tertiary/aromatic N) is 1. The lowest BCUT2D eigenvalue weighted by atomic mass is 10.3. The van der Waals surface area contributed by atoms with Crippen molar-refractivity contribution < 1.29 is 9.47 Å². The maximum absolute atomic E-state index is 7.45. The zero-order valence-corrected chi connectivity index (χ0v) is 11.6. The van der Waals surface area contributed by atoms with E-state index in [1.165, 1.54) is 11.8 Å². The molecular formula is C12H18N4O2S. The monoisotopic (exact) mass is 282 g/mol. The Morgan fingerprint density at radius 1 is 1.26 bits per heavy atom. The smallest absolute Gasteiger partial charge is 0.193 e. The van der Waals surface area contributed by atoms with Gasteiger partial charge in [-0.1, -0.05) is 23.9 Å². The van der Waals surface area contributed by atoms with E-state index in [1.54, 1.807) is 0 Å². The third-order valence-corrected chi connectivity index (χ3v) is 2.69. The molecule has 1 aromatic rings. The first-order valence-corrected chi connectivity index (χ1v) is 6.77. The number of nitrogens with two attached hydrogens (primary N) is 2. The summed E-state index contributed by atoms with van der Waals surface area (Å²) in [5.74, 6) is 1.88. The third-order valence-electron chi connectivity index (χ3n) is 1.96. The molecule has 0 heterocycles. The fraction of sp³-hybridized carbons (Fsp3) is 0.333. The van der Waals surface area contributed by atoms with Crippen LogP contribution in [-0.4, -0.2) is 30.1 Å². The number of rotatable bonds is 6. The number of para-hydroxylation sites is 2. The van der Waals surface area contributed by atoms with Crippen molar-refractivity contribution >= 4 is 22.9 Å². The van der Waals surface area contributed by atoms with Crippen LogP contribution in [0.1, 0.15) is 6.92 Å². The minimum atomic E-state index is -0.111. The van der Waals surface area contributed by atoms with Gasteiger partial charge >= 0.3 is 0 Å². The van der Waals surface area contributed by atoms with Gasteiger partial charge in [-0.15, -0.1) is 0 Å². The van der Waals surface area contributed by atoms with E-state index >= 15 is 0 Å². The molecule has 0 fully saturated rings. The Balaban J connectivity index is 2.37. The Hall–Kier alpha value is -1.89. The van der Waals surface area contributed by atoms with Crippen LogP contribution in [0.2, 0.25) is 0 Å². The molecule has 0 amide bonds. The van der Waals surface area contributed by atoms with Crippen LogP contribution in [-0.2, 0) is 0 Å². The molecule has 1 aromatic carbocycles. The predicted molar refractivity (Wildman–Crippen MR) is 79.1 cm³/mol. The van der Waals surface area contributed by atoms with Crippen LogP contribution in [0.15, 0.2) is 29.3 Å². The Labute approximate surface area is 116 Å². The van der Waals surface area contributed by atoms with Crippen LogP contribution in [0.25, 0.3) is 0 Å². The number of thioether (sulfide) groups is 1. The molecule has 0 bridgehead atoms. The van der Waals surface area contributed by atoms with Crippen LogP contribution in [0, 0.1) is 5.41 Å². The lowest BCUT2D eigenvalue weighted by Crippen LogP contribution is -2.23. The van der Waals surface area contributed by atoms with Crippen molar-refractivity contribution in [3.8, 4) is 11.5 Å². The molecule has 5 N–H and O–H groups in total. The van der Waals surface area contributed by atoms with Crippen molar-refractivity contribution in [2.24, 2.45) is 16.5 Å². The fourth-order valence-corrected chi connectivity index (χ4v) is 1.81. The van der Waals surface area contributed by atoms with Crippen molar-refractivity contribution in [3.05, 3.63) is 24.3 Å². The van der Waals surface area contributed by atoms with E-state index in [4.69, 9.17) is 26.4 Å². The predicted octanol–water partition coefficient (Wildman–Crippen LogP) is 1.41. The SMILES string of the molecule is CCOc1ccccc1OCCSC(=N)N=C(N)N. The zero-order chi connectivity index (χ0) is 14.1. The molecule has 0 saturated heterocycles. The molecule has 0 spiro atoms. The van der Waals surface area contributed by atoms with Crippen molar-refractivity contribution in [3.63, 3.8) is 0 Å². The maximum Gasteiger partial charge on any atom is 0.193 e. The minimum absolute atomic E-state index is 0.0710. The lowest BCUT2D eigenvalue weighted by molar-refractivity contribution is 0.289. The van der Waals surface area contributed by atoms with Gasteiger partial charge in [-0.25, -0.2) is 0 Å². The number of ether oxygens (including phenoxy) is 2. The van der Waals surface area contributed by atoms with E-state index in [0.717, 1.165) is 0 Å². The molecule has 0 unspecified atom stereocenters. The summed E-state index contributed by atoms with van der Waals surface area (Å²) < 4.78 is 11.0. The summed E-state index contributed by atoms with van der Waals surface area (Å²) in [5.41, 5.74) is 10.3. The average molecular weight is 282 g/mol. The highest BCUT2D eigenvalue weighted by atomic mass is 32.2. The molecule has 7 heteroatoms. The fourth-order valence-electron chi connectivity index (χ4n) is 1.28. The second-order valence-electron chi connectivity index (χ2n) is 3.42. The molecular weight excluding hydrogens is 264 g/mol. The number of hydrogen-bond acceptors (Lipinski definition) is 4. The van der Waals surface area contributed by atoms with Gasteiger partial charge in [0.05, 0.1) is 13.2 Å². The number of hydrogen-bond donors (Lipinski definition) is 3. The summed E-state index contributed by atoms with van der Waals surface area (Å²) in [6.45, 7) is 2.95. The summed E-state index contributed by atoms with van der Waals surface area (Å²) in [6, 6.07) is 7.47. The molecule has 1 rings (SSSR count). The Bertz CT molecular complexity index is 447. The summed E-state index contributed by atoms with van der Waals surface area (Å²) in [5, 5.41) is 7.52. The molecule has 6 nitrogen and oxygen atoms in total. The number of nitrogens with one attached hydrogen (secondary N) is 1. The van der Waals surface area contributed by atoms with Gasteiger partial charge in [0.15, 0.2) is 22.6 Å².